The lowest BCUT2D eigenvalue weighted by atomic mass is 10.3. The molecule has 1 amide bonds. The van der Waals surface area contributed by atoms with Crippen molar-refractivity contribution in [2.24, 2.45) is 7.05 Å². The molecule has 4 rings (SSSR count). The number of carbonyl (C=O) groups excluding carboxylic acids is 1. The molecule has 29 heavy (non-hydrogen) atoms. The van der Waals surface area contributed by atoms with Crippen molar-refractivity contribution in [2.75, 3.05) is 5.32 Å². The lowest BCUT2D eigenvalue weighted by Crippen LogP contribution is -2.40. The smallest absolute Gasteiger partial charge is 0.295 e. The fourth-order valence-electron chi connectivity index (χ4n) is 3.52. The van der Waals surface area contributed by atoms with E-state index in [4.69, 9.17) is 0 Å². The summed E-state index contributed by atoms with van der Waals surface area (Å²) in [6.45, 7) is 5.70. The highest BCUT2D eigenvalue weighted by atomic mass is 16.2. The molecule has 146 valence electrons. The number of benzene rings is 2. The van der Waals surface area contributed by atoms with Gasteiger partial charge in [-0.15, -0.1) is 0 Å². The Kier molecular flexibility index (Phi) is 4.64. The number of amides is 1. The van der Waals surface area contributed by atoms with E-state index in [9.17, 15) is 9.59 Å². The maximum absolute atomic E-state index is 13.0. The van der Waals surface area contributed by atoms with Crippen LogP contribution in [-0.2, 0) is 18.4 Å². The number of nitrogens with zero attached hydrogens (tertiary/aromatic N) is 4. The predicted molar refractivity (Wildman–Crippen MR) is 113 cm³/mol. The van der Waals surface area contributed by atoms with E-state index >= 15 is 0 Å². The molecular weight excluding hydrogens is 366 g/mol. The van der Waals surface area contributed by atoms with Gasteiger partial charge in [0.05, 0.1) is 17.6 Å². The maximum Gasteiger partial charge on any atom is 0.295 e. The van der Waals surface area contributed by atoms with Gasteiger partial charge in [0.2, 0.25) is 6.33 Å². The lowest BCUT2D eigenvalue weighted by molar-refractivity contribution is -0.658. The van der Waals surface area contributed by atoms with Gasteiger partial charge in [-0.1, -0.05) is 36.9 Å². The number of fused-ring (bicyclic) bond motifs is 1. The van der Waals surface area contributed by atoms with Crippen molar-refractivity contribution in [1.29, 1.82) is 0 Å². The lowest BCUT2D eigenvalue weighted by Gasteiger charge is -2.07. The average Bonchev–Trinajstić information content (AvgIpc) is 3.19. The minimum atomic E-state index is -0.270. The summed E-state index contributed by atoms with van der Waals surface area (Å²) in [5.41, 5.74) is 3.32. The van der Waals surface area contributed by atoms with Crippen LogP contribution in [0.4, 0.5) is 5.69 Å². The van der Waals surface area contributed by atoms with E-state index < -0.39 is 0 Å². The molecule has 2 aromatic heterocycles. The normalized spacial score (nSPS) is 11.0. The Morgan fingerprint density at radius 1 is 1.14 bits per heavy atom. The topological polar surface area (TPSA) is 64.8 Å². The van der Waals surface area contributed by atoms with Crippen LogP contribution in [0.5, 0.6) is 0 Å². The Morgan fingerprint density at radius 2 is 1.83 bits per heavy atom. The Balaban J connectivity index is 1.65. The van der Waals surface area contributed by atoms with E-state index in [0.717, 1.165) is 16.7 Å². The molecule has 2 aromatic carbocycles. The van der Waals surface area contributed by atoms with Gasteiger partial charge in [0.15, 0.2) is 17.6 Å². The van der Waals surface area contributed by atoms with E-state index in [2.05, 4.69) is 11.9 Å². The first-order chi connectivity index (χ1) is 14.0. The van der Waals surface area contributed by atoms with Crippen molar-refractivity contribution in [2.45, 2.75) is 13.5 Å². The SMILES string of the molecule is C=Cn1c[n+](CC(=O)Nc2c(C)n(C)n(-c3ccccc3)c2=O)c2ccccc21. The van der Waals surface area contributed by atoms with E-state index in [0.29, 0.717) is 5.69 Å². The molecule has 4 aromatic rings. The summed E-state index contributed by atoms with van der Waals surface area (Å²) in [7, 11) is 1.80. The molecular formula is C22H22N5O2+. The maximum atomic E-state index is 13.0. The Bertz CT molecular complexity index is 1280. The Hall–Kier alpha value is -3.87. The highest BCUT2D eigenvalue weighted by molar-refractivity contribution is 5.90. The van der Waals surface area contributed by atoms with Crippen LogP contribution in [0.2, 0.25) is 0 Å². The zero-order valence-electron chi connectivity index (χ0n) is 16.4. The third kappa shape index (κ3) is 3.16. The van der Waals surface area contributed by atoms with Gasteiger partial charge < -0.3 is 5.32 Å². The summed E-state index contributed by atoms with van der Waals surface area (Å²) < 4.78 is 6.98. The molecule has 0 aliphatic rings. The molecule has 0 unspecified atom stereocenters. The van der Waals surface area contributed by atoms with Crippen LogP contribution < -0.4 is 15.4 Å². The first kappa shape index (κ1) is 18.5. The van der Waals surface area contributed by atoms with E-state index in [1.165, 1.54) is 0 Å². The molecule has 0 atom stereocenters. The summed E-state index contributed by atoms with van der Waals surface area (Å²) in [6, 6.07) is 17.1. The quantitative estimate of drug-likeness (QED) is 0.534. The summed E-state index contributed by atoms with van der Waals surface area (Å²) in [4.78, 5) is 25.7. The largest absolute Gasteiger partial charge is 0.316 e. The van der Waals surface area contributed by atoms with Crippen LogP contribution in [-0.4, -0.2) is 19.8 Å². The summed E-state index contributed by atoms with van der Waals surface area (Å²) in [5.74, 6) is -0.270. The molecule has 0 spiro atoms. The molecule has 2 heterocycles. The van der Waals surface area contributed by atoms with Crippen molar-refractivity contribution in [1.82, 2.24) is 13.9 Å². The van der Waals surface area contributed by atoms with Crippen LogP contribution in [0.3, 0.4) is 0 Å². The third-order valence-corrected chi connectivity index (χ3v) is 5.06. The first-order valence-corrected chi connectivity index (χ1v) is 9.26. The minimum absolute atomic E-state index is 0.0838. The summed E-state index contributed by atoms with van der Waals surface area (Å²) in [5, 5.41) is 2.80. The van der Waals surface area contributed by atoms with Crippen LogP contribution in [0.1, 0.15) is 5.69 Å². The zero-order chi connectivity index (χ0) is 20.5. The zero-order valence-corrected chi connectivity index (χ0v) is 16.4. The first-order valence-electron chi connectivity index (χ1n) is 9.26. The van der Waals surface area contributed by atoms with Gasteiger partial charge in [0.1, 0.15) is 5.69 Å². The molecule has 7 nitrogen and oxygen atoms in total. The van der Waals surface area contributed by atoms with Crippen LogP contribution in [0, 0.1) is 6.92 Å². The van der Waals surface area contributed by atoms with Gasteiger partial charge in [0, 0.05) is 7.05 Å². The highest BCUT2D eigenvalue weighted by Crippen LogP contribution is 2.14. The summed E-state index contributed by atoms with van der Waals surface area (Å²) in [6.07, 6.45) is 3.51. The Morgan fingerprint density at radius 3 is 2.55 bits per heavy atom. The van der Waals surface area contributed by atoms with Gasteiger partial charge in [-0.25, -0.2) is 13.8 Å². The number of nitrogens with one attached hydrogen (secondary N) is 1. The second-order valence-electron chi connectivity index (χ2n) is 6.81. The van der Waals surface area contributed by atoms with Gasteiger partial charge in [-0.05, 0) is 31.2 Å². The Labute approximate surface area is 167 Å². The molecule has 0 saturated heterocycles. The number of rotatable bonds is 5. The van der Waals surface area contributed by atoms with Crippen LogP contribution in [0.15, 0.2) is 72.3 Å². The molecule has 0 radical (unpaired) electrons. The van der Waals surface area contributed by atoms with Crippen LogP contribution in [0.25, 0.3) is 22.9 Å². The fourth-order valence-corrected chi connectivity index (χ4v) is 3.52. The number of hydrogen-bond acceptors (Lipinski definition) is 2. The predicted octanol–water partition coefficient (Wildman–Crippen LogP) is 2.47. The number of imidazole rings is 1. The van der Waals surface area contributed by atoms with E-state index in [1.807, 2.05) is 77.0 Å². The van der Waals surface area contributed by atoms with Gasteiger partial charge >= 0.3 is 0 Å². The molecule has 0 aliphatic carbocycles. The molecule has 0 fully saturated rings. The highest BCUT2D eigenvalue weighted by Gasteiger charge is 2.21. The number of aromatic nitrogens is 4. The standard InChI is InChI=1S/C22H21N5O2/c1-4-25-15-26(19-13-9-8-12-18(19)25)14-20(28)23-21-16(2)24(3)27(22(21)29)17-10-6-5-7-11-17/h4-13,15H,1,14H2,2-3H3/p+1. The number of hydrogen-bond donors (Lipinski definition) is 1. The minimum Gasteiger partial charge on any atom is -0.316 e. The third-order valence-electron chi connectivity index (χ3n) is 5.06. The van der Waals surface area contributed by atoms with Crippen molar-refractivity contribution < 1.29 is 9.36 Å². The van der Waals surface area contributed by atoms with Gasteiger partial charge in [-0.3, -0.25) is 14.3 Å². The average molecular weight is 388 g/mol. The van der Waals surface area contributed by atoms with Crippen molar-refractivity contribution in [3.05, 3.63) is 83.6 Å². The molecule has 0 aliphatic heterocycles. The van der Waals surface area contributed by atoms with Crippen molar-refractivity contribution >= 4 is 28.8 Å². The molecule has 0 bridgehead atoms. The monoisotopic (exact) mass is 388 g/mol. The molecule has 7 heteroatoms. The summed E-state index contributed by atoms with van der Waals surface area (Å²) >= 11 is 0. The van der Waals surface area contributed by atoms with E-state index in [1.54, 1.807) is 22.6 Å². The van der Waals surface area contributed by atoms with E-state index in [-0.39, 0.29) is 23.7 Å². The molecule has 0 saturated carbocycles. The van der Waals surface area contributed by atoms with Gasteiger partial charge in [-0.2, -0.15) is 0 Å². The van der Waals surface area contributed by atoms with Crippen molar-refractivity contribution in [3.63, 3.8) is 0 Å². The van der Waals surface area contributed by atoms with Gasteiger partial charge in [0.25, 0.3) is 11.5 Å². The van der Waals surface area contributed by atoms with Crippen LogP contribution >= 0.6 is 0 Å². The number of para-hydroxylation sites is 3. The second kappa shape index (κ2) is 7.27. The fraction of sp³-hybridized carbons (Fsp3) is 0.136. The number of carbonyl (C=O) groups is 1. The second-order valence-corrected chi connectivity index (χ2v) is 6.81. The number of anilines is 1. The molecule has 1 N–H and O–H groups in total. The van der Waals surface area contributed by atoms with Crippen molar-refractivity contribution in [3.8, 4) is 5.69 Å².